The Bertz CT molecular complexity index is 1600. The summed E-state index contributed by atoms with van der Waals surface area (Å²) in [7, 11) is 0. The SMILES string of the molecule is CCCOc1ccc(N2C(=O)NC(=O)/C(=C\c3cc(Cl)ccc3OCC(=O)Nc3ccc(C)c(C)c3)C2=O)cc1OCC. The number of anilines is 2. The largest absolute Gasteiger partial charge is 0.490 e. The third-order valence-corrected chi connectivity index (χ3v) is 6.70. The van der Waals surface area contributed by atoms with Crippen LogP contribution in [0.5, 0.6) is 17.2 Å². The van der Waals surface area contributed by atoms with Crippen LogP contribution in [0.4, 0.5) is 16.2 Å². The van der Waals surface area contributed by atoms with Crippen molar-refractivity contribution in [3.63, 3.8) is 0 Å². The number of rotatable bonds is 11. The fourth-order valence-electron chi connectivity index (χ4n) is 4.21. The Morgan fingerprint density at radius 2 is 1.67 bits per heavy atom. The van der Waals surface area contributed by atoms with Gasteiger partial charge < -0.3 is 19.5 Å². The second-order valence-electron chi connectivity index (χ2n) is 9.69. The highest BCUT2D eigenvalue weighted by Crippen LogP contribution is 2.34. The molecule has 5 amide bonds. The maximum Gasteiger partial charge on any atom is 0.335 e. The van der Waals surface area contributed by atoms with Crippen molar-refractivity contribution >= 4 is 52.8 Å². The molecule has 1 heterocycles. The zero-order valence-electron chi connectivity index (χ0n) is 24.3. The van der Waals surface area contributed by atoms with E-state index >= 15 is 0 Å². The number of benzene rings is 3. The summed E-state index contributed by atoms with van der Waals surface area (Å²) in [6, 6.07) is 13.8. The summed E-state index contributed by atoms with van der Waals surface area (Å²) in [6.45, 7) is 8.13. The Hall–Kier alpha value is -4.83. The summed E-state index contributed by atoms with van der Waals surface area (Å²) in [5.74, 6) is -1.15. The average Bonchev–Trinajstić information content (AvgIpc) is 2.96. The molecule has 0 atom stereocenters. The summed E-state index contributed by atoms with van der Waals surface area (Å²) in [6.07, 6.45) is 2.05. The van der Waals surface area contributed by atoms with E-state index in [1.54, 1.807) is 25.1 Å². The summed E-state index contributed by atoms with van der Waals surface area (Å²) >= 11 is 6.21. The molecule has 0 aromatic heterocycles. The number of urea groups is 1. The van der Waals surface area contributed by atoms with E-state index in [2.05, 4.69) is 10.6 Å². The predicted molar refractivity (Wildman–Crippen MR) is 164 cm³/mol. The zero-order valence-corrected chi connectivity index (χ0v) is 25.0. The number of amides is 5. The number of nitrogens with zero attached hydrogens (tertiary/aromatic N) is 1. The van der Waals surface area contributed by atoms with Crippen molar-refractivity contribution in [2.45, 2.75) is 34.1 Å². The monoisotopic (exact) mass is 605 g/mol. The van der Waals surface area contributed by atoms with E-state index in [9.17, 15) is 19.2 Å². The van der Waals surface area contributed by atoms with Crippen molar-refractivity contribution < 1.29 is 33.4 Å². The smallest absolute Gasteiger partial charge is 0.335 e. The minimum atomic E-state index is -0.914. The van der Waals surface area contributed by atoms with Gasteiger partial charge in [-0.25, -0.2) is 9.69 Å². The van der Waals surface area contributed by atoms with Crippen LogP contribution in [-0.2, 0) is 14.4 Å². The van der Waals surface area contributed by atoms with Crippen LogP contribution in [0.1, 0.15) is 37.0 Å². The molecule has 0 radical (unpaired) electrons. The van der Waals surface area contributed by atoms with Gasteiger partial charge in [0, 0.05) is 22.3 Å². The van der Waals surface area contributed by atoms with Crippen molar-refractivity contribution in [1.82, 2.24) is 5.32 Å². The molecule has 4 rings (SSSR count). The van der Waals surface area contributed by atoms with Crippen LogP contribution >= 0.6 is 11.6 Å². The number of ether oxygens (including phenoxy) is 3. The topological polar surface area (TPSA) is 123 Å². The molecule has 0 unspecified atom stereocenters. The quantitative estimate of drug-likeness (QED) is 0.208. The highest BCUT2D eigenvalue weighted by atomic mass is 35.5. The number of hydrogen-bond acceptors (Lipinski definition) is 7. The Balaban J connectivity index is 1.59. The molecule has 224 valence electrons. The molecular weight excluding hydrogens is 574 g/mol. The van der Waals surface area contributed by atoms with Gasteiger partial charge in [0.2, 0.25) is 0 Å². The van der Waals surface area contributed by atoms with E-state index in [4.69, 9.17) is 25.8 Å². The average molecular weight is 606 g/mol. The van der Waals surface area contributed by atoms with Gasteiger partial charge in [0.15, 0.2) is 18.1 Å². The third-order valence-electron chi connectivity index (χ3n) is 6.47. The minimum absolute atomic E-state index is 0.179. The highest BCUT2D eigenvalue weighted by Gasteiger charge is 2.37. The standard InChI is InChI=1S/C32H32ClN3O7/c1-5-13-42-27-12-10-24(17-28(27)41-6-2)36-31(39)25(30(38)35-32(36)40)16-21-15-22(33)8-11-26(21)43-18-29(37)34-23-9-7-19(3)20(4)14-23/h7-12,14-17H,5-6,13,18H2,1-4H3,(H,34,37)(H,35,38,40)/b25-16+. The van der Waals surface area contributed by atoms with Gasteiger partial charge in [0.05, 0.1) is 18.9 Å². The first-order valence-corrected chi connectivity index (χ1v) is 14.1. The second kappa shape index (κ2) is 13.9. The van der Waals surface area contributed by atoms with E-state index in [0.717, 1.165) is 22.4 Å². The lowest BCUT2D eigenvalue weighted by Gasteiger charge is -2.27. The number of halogens is 1. The molecule has 1 aliphatic rings. The first-order chi connectivity index (χ1) is 20.6. The minimum Gasteiger partial charge on any atom is -0.490 e. The van der Waals surface area contributed by atoms with Crippen LogP contribution in [0, 0.1) is 13.8 Å². The first kappa shape index (κ1) is 31.1. The fraction of sp³-hybridized carbons (Fsp3) is 0.250. The summed E-state index contributed by atoms with van der Waals surface area (Å²) in [5.41, 5.74) is 2.86. The van der Waals surface area contributed by atoms with Gasteiger partial charge in [0.25, 0.3) is 17.7 Å². The third kappa shape index (κ3) is 7.52. The van der Waals surface area contributed by atoms with Crippen molar-refractivity contribution in [3.8, 4) is 17.2 Å². The maximum atomic E-state index is 13.6. The number of barbiturate groups is 1. The lowest BCUT2D eigenvalue weighted by molar-refractivity contribution is -0.122. The number of nitrogens with one attached hydrogen (secondary N) is 2. The second-order valence-corrected chi connectivity index (χ2v) is 10.1. The number of aryl methyl sites for hydroxylation is 2. The lowest BCUT2D eigenvalue weighted by Crippen LogP contribution is -2.54. The molecule has 0 saturated carbocycles. The van der Waals surface area contributed by atoms with E-state index in [1.807, 2.05) is 32.9 Å². The number of carbonyl (C=O) groups is 4. The van der Waals surface area contributed by atoms with Crippen LogP contribution in [0.15, 0.2) is 60.2 Å². The molecule has 10 nitrogen and oxygen atoms in total. The molecule has 0 bridgehead atoms. The van der Waals surface area contributed by atoms with Gasteiger partial charge in [-0.15, -0.1) is 0 Å². The molecule has 43 heavy (non-hydrogen) atoms. The molecular formula is C32H32ClN3O7. The summed E-state index contributed by atoms with van der Waals surface area (Å²) in [5, 5.41) is 5.28. The molecule has 1 saturated heterocycles. The molecule has 11 heteroatoms. The first-order valence-electron chi connectivity index (χ1n) is 13.7. The van der Waals surface area contributed by atoms with Gasteiger partial charge in [-0.05, 0) is 86.9 Å². The van der Waals surface area contributed by atoms with E-state index in [0.29, 0.717) is 35.4 Å². The number of hydrogen-bond donors (Lipinski definition) is 2. The van der Waals surface area contributed by atoms with Crippen LogP contribution in [0.25, 0.3) is 6.08 Å². The van der Waals surface area contributed by atoms with E-state index in [-0.39, 0.29) is 29.2 Å². The van der Waals surface area contributed by atoms with Crippen molar-refractivity contribution in [2.75, 3.05) is 30.0 Å². The highest BCUT2D eigenvalue weighted by molar-refractivity contribution is 6.39. The summed E-state index contributed by atoms with van der Waals surface area (Å²) < 4.78 is 17.1. The van der Waals surface area contributed by atoms with Crippen LogP contribution in [0.3, 0.4) is 0 Å². The Labute approximate surface area is 254 Å². The Morgan fingerprint density at radius 1 is 0.907 bits per heavy atom. The normalized spacial score (nSPS) is 14.0. The van der Waals surface area contributed by atoms with E-state index < -0.39 is 23.8 Å². The van der Waals surface area contributed by atoms with Crippen molar-refractivity contribution in [1.29, 1.82) is 0 Å². The maximum absolute atomic E-state index is 13.6. The molecule has 3 aromatic rings. The Kier molecular flexibility index (Phi) is 10.0. The van der Waals surface area contributed by atoms with Crippen LogP contribution < -0.4 is 29.7 Å². The van der Waals surface area contributed by atoms with Crippen molar-refractivity contribution in [2.24, 2.45) is 0 Å². The van der Waals surface area contributed by atoms with Crippen molar-refractivity contribution in [3.05, 3.63) is 81.9 Å². The van der Waals surface area contributed by atoms with Gasteiger partial charge in [-0.3, -0.25) is 19.7 Å². The van der Waals surface area contributed by atoms with Crippen LogP contribution in [0.2, 0.25) is 5.02 Å². The molecule has 1 aliphatic heterocycles. The zero-order chi connectivity index (χ0) is 31.1. The van der Waals surface area contributed by atoms with E-state index in [1.165, 1.54) is 30.3 Å². The van der Waals surface area contributed by atoms with Crippen LogP contribution in [-0.4, -0.2) is 43.6 Å². The van der Waals surface area contributed by atoms with Gasteiger partial charge >= 0.3 is 6.03 Å². The molecule has 3 aromatic carbocycles. The number of carbonyl (C=O) groups excluding carboxylic acids is 4. The number of imide groups is 2. The predicted octanol–water partition coefficient (Wildman–Crippen LogP) is 5.83. The molecule has 0 spiro atoms. The molecule has 0 aliphatic carbocycles. The molecule has 1 fully saturated rings. The van der Waals surface area contributed by atoms with Gasteiger partial charge in [-0.2, -0.15) is 0 Å². The fourth-order valence-corrected chi connectivity index (χ4v) is 4.39. The molecule has 2 N–H and O–H groups in total. The van der Waals surface area contributed by atoms with Gasteiger partial charge in [-0.1, -0.05) is 24.6 Å². The lowest BCUT2D eigenvalue weighted by atomic mass is 10.1. The Morgan fingerprint density at radius 3 is 2.40 bits per heavy atom. The summed E-state index contributed by atoms with van der Waals surface area (Å²) in [4.78, 5) is 52.6. The van der Waals surface area contributed by atoms with Gasteiger partial charge in [0.1, 0.15) is 11.3 Å².